The largest absolute Gasteiger partial charge is 0.481 e. The van der Waals surface area contributed by atoms with Gasteiger partial charge in [0.1, 0.15) is 11.4 Å². The number of aliphatic carboxylic acids is 1. The molecule has 0 aliphatic heterocycles. The van der Waals surface area contributed by atoms with Crippen molar-refractivity contribution >= 4 is 35.2 Å². The van der Waals surface area contributed by atoms with Crippen LogP contribution in [0.15, 0.2) is 11.0 Å². The van der Waals surface area contributed by atoms with Gasteiger partial charge < -0.3 is 10.4 Å². The zero-order chi connectivity index (χ0) is 15.6. The van der Waals surface area contributed by atoms with Crippen LogP contribution in [0.4, 0.5) is 0 Å². The van der Waals surface area contributed by atoms with Gasteiger partial charge in [0.05, 0.1) is 16.9 Å². The van der Waals surface area contributed by atoms with E-state index >= 15 is 0 Å². The van der Waals surface area contributed by atoms with Gasteiger partial charge in [-0.3, -0.25) is 24.3 Å². The van der Waals surface area contributed by atoms with Crippen molar-refractivity contribution < 1.29 is 24.3 Å². The van der Waals surface area contributed by atoms with Gasteiger partial charge in [-0.2, -0.15) is 5.10 Å². The number of carbonyl (C=O) groups is 4. The summed E-state index contributed by atoms with van der Waals surface area (Å²) >= 11 is 0.969. The van der Waals surface area contributed by atoms with E-state index in [1.54, 1.807) is 0 Å². The molecule has 0 unspecified atom stereocenters. The van der Waals surface area contributed by atoms with Crippen molar-refractivity contribution in [3.8, 4) is 0 Å². The molecule has 1 amide bonds. The van der Waals surface area contributed by atoms with Crippen LogP contribution in [0.3, 0.4) is 0 Å². The summed E-state index contributed by atoms with van der Waals surface area (Å²) in [7, 11) is 1.39. The van der Waals surface area contributed by atoms with Crippen LogP contribution in [0, 0.1) is 0 Å². The third-order valence-corrected chi connectivity index (χ3v) is 3.76. The lowest BCUT2D eigenvalue weighted by atomic mass is 9.99. The van der Waals surface area contributed by atoms with Gasteiger partial charge in [-0.25, -0.2) is 0 Å². The molecule has 8 nitrogen and oxygen atoms in total. The van der Waals surface area contributed by atoms with Crippen LogP contribution in [-0.2, 0) is 4.79 Å². The van der Waals surface area contributed by atoms with E-state index in [0.717, 1.165) is 17.8 Å². The molecule has 1 aliphatic carbocycles. The molecule has 0 saturated heterocycles. The maximum atomic E-state index is 12.3. The Morgan fingerprint density at radius 3 is 2.76 bits per heavy atom. The minimum atomic E-state index is -0.993. The maximum Gasteiger partial charge on any atom is 0.304 e. The molecule has 1 aromatic rings. The first-order valence-corrected chi connectivity index (χ1v) is 6.90. The number of amides is 1. The minimum Gasteiger partial charge on any atom is -0.481 e. The molecule has 2 rings (SSSR count). The summed E-state index contributed by atoms with van der Waals surface area (Å²) in [5, 5.41) is 17.0. The topological polar surface area (TPSA) is 129 Å². The van der Waals surface area contributed by atoms with Crippen LogP contribution < -0.4 is 5.32 Å². The normalized spacial score (nSPS) is 13.7. The molecule has 1 aliphatic rings. The number of aromatic amines is 1. The standard InChI is InChI=1S/C12H11N3O5S/c1-13-12(20)10-8-9(14-15-10)5(16)4-6(11(8)19)21-3-2-7(17)18/h4H,2-3H2,1H3,(H,13,20)(H,14,15)(H,17,18). The first-order valence-electron chi connectivity index (χ1n) is 5.91. The van der Waals surface area contributed by atoms with Gasteiger partial charge in [-0.05, 0) is 0 Å². The lowest BCUT2D eigenvalue weighted by molar-refractivity contribution is -0.136. The number of thioether (sulfide) groups is 1. The molecule has 21 heavy (non-hydrogen) atoms. The third kappa shape index (κ3) is 2.87. The molecule has 0 aromatic carbocycles. The van der Waals surface area contributed by atoms with Crippen molar-refractivity contribution in [2.24, 2.45) is 0 Å². The second-order valence-corrected chi connectivity index (χ2v) is 5.23. The number of carboxylic acids is 1. The van der Waals surface area contributed by atoms with Crippen LogP contribution >= 0.6 is 11.8 Å². The van der Waals surface area contributed by atoms with Crippen molar-refractivity contribution in [2.45, 2.75) is 6.42 Å². The molecule has 0 fully saturated rings. The highest BCUT2D eigenvalue weighted by molar-refractivity contribution is 8.04. The number of aromatic nitrogens is 2. The Balaban J connectivity index is 2.29. The highest BCUT2D eigenvalue weighted by Crippen LogP contribution is 2.29. The maximum absolute atomic E-state index is 12.3. The molecule has 1 aromatic heterocycles. The summed E-state index contributed by atoms with van der Waals surface area (Å²) in [5.41, 5.74) is -0.240. The zero-order valence-electron chi connectivity index (χ0n) is 10.9. The molecule has 1 heterocycles. The van der Waals surface area contributed by atoms with Crippen LogP contribution in [-0.4, -0.2) is 51.5 Å². The van der Waals surface area contributed by atoms with E-state index in [9.17, 15) is 19.2 Å². The van der Waals surface area contributed by atoms with Gasteiger partial charge in [-0.1, -0.05) is 0 Å². The number of fused-ring (bicyclic) bond motifs is 1. The highest BCUT2D eigenvalue weighted by Gasteiger charge is 2.33. The number of hydrogen-bond donors (Lipinski definition) is 3. The molecule has 110 valence electrons. The molecular formula is C12H11N3O5S. The minimum absolute atomic E-state index is 0.0697. The van der Waals surface area contributed by atoms with Crippen LogP contribution in [0.5, 0.6) is 0 Å². The van der Waals surface area contributed by atoms with Crippen molar-refractivity contribution in [1.82, 2.24) is 15.5 Å². The van der Waals surface area contributed by atoms with Crippen LogP contribution in [0.1, 0.15) is 37.8 Å². The Kier molecular flexibility index (Phi) is 4.22. The highest BCUT2D eigenvalue weighted by atomic mass is 32.2. The average Bonchev–Trinajstić information content (AvgIpc) is 2.88. The number of Topliss-reactive ketones (excluding diaryl/α,β-unsaturated/α-hetero) is 1. The average molecular weight is 309 g/mol. The Labute approximate surface area is 123 Å². The Hall–Kier alpha value is -2.42. The predicted octanol–water partition coefficient (Wildman–Crippen LogP) is 0.240. The smallest absolute Gasteiger partial charge is 0.304 e. The SMILES string of the molecule is CNC(=O)c1[nH]nc2c1C(=O)C(SCCC(=O)O)=CC2=O. The lowest BCUT2D eigenvalue weighted by Gasteiger charge is -2.11. The molecule has 9 heteroatoms. The number of nitrogens with zero attached hydrogens (tertiary/aromatic N) is 1. The van der Waals surface area contributed by atoms with E-state index in [1.807, 2.05) is 0 Å². The van der Waals surface area contributed by atoms with Gasteiger partial charge in [0.2, 0.25) is 11.6 Å². The number of rotatable bonds is 5. The van der Waals surface area contributed by atoms with Crippen LogP contribution in [0.2, 0.25) is 0 Å². The van der Waals surface area contributed by atoms with Crippen molar-refractivity contribution in [3.63, 3.8) is 0 Å². The Morgan fingerprint density at radius 2 is 2.14 bits per heavy atom. The number of nitrogens with one attached hydrogen (secondary N) is 2. The van der Waals surface area contributed by atoms with E-state index in [1.165, 1.54) is 7.05 Å². The molecule has 0 atom stereocenters. The second kappa shape index (κ2) is 5.92. The zero-order valence-corrected chi connectivity index (χ0v) is 11.7. The van der Waals surface area contributed by atoms with E-state index in [-0.39, 0.29) is 34.0 Å². The van der Waals surface area contributed by atoms with E-state index < -0.39 is 23.4 Å². The van der Waals surface area contributed by atoms with Gasteiger partial charge in [0, 0.05) is 18.9 Å². The molecule has 0 spiro atoms. The summed E-state index contributed by atoms with van der Waals surface area (Å²) in [6.45, 7) is 0. The molecular weight excluding hydrogens is 298 g/mol. The van der Waals surface area contributed by atoms with Crippen molar-refractivity contribution in [3.05, 3.63) is 27.9 Å². The van der Waals surface area contributed by atoms with E-state index in [0.29, 0.717) is 0 Å². The van der Waals surface area contributed by atoms with Gasteiger partial charge in [0.25, 0.3) is 5.91 Å². The fourth-order valence-electron chi connectivity index (χ4n) is 1.76. The van der Waals surface area contributed by atoms with Crippen LogP contribution in [0.25, 0.3) is 0 Å². The Bertz CT molecular complexity index is 676. The quantitative estimate of drug-likeness (QED) is 0.710. The number of ketones is 2. The monoisotopic (exact) mass is 309 g/mol. The lowest BCUT2D eigenvalue weighted by Crippen LogP contribution is -2.23. The van der Waals surface area contributed by atoms with Crippen molar-refractivity contribution in [2.75, 3.05) is 12.8 Å². The summed E-state index contributed by atoms with van der Waals surface area (Å²) in [4.78, 5) is 46.4. The van der Waals surface area contributed by atoms with E-state index in [4.69, 9.17) is 5.11 Å². The third-order valence-electron chi connectivity index (χ3n) is 2.74. The van der Waals surface area contributed by atoms with Gasteiger partial charge in [-0.15, -0.1) is 11.8 Å². The molecule has 3 N–H and O–H groups in total. The number of allylic oxidation sites excluding steroid dienone is 2. The summed E-state index contributed by atoms with van der Waals surface area (Å²) in [6.07, 6.45) is 0.982. The summed E-state index contributed by atoms with van der Waals surface area (Å²) in [5.74, 6) is -2.39. The van der Waals surface area contributed by atoms with E-state index in [2.05, 4.69) is 15.5 Å². The summed E-state index contributed by atoms with van der Waals surface area (Å²) in [6, 6.07) is 0. The fourth-order valence-corrected chi connectivity index (χ4v) is 2.68. The first-order chi connectivity index (χ1) is 9.95. The van der Waals surface area contributed by atoms with Gasteiger partial charge >= 0.3 is 5.97 Å². The predicted molar refractivity (Wildman–Crippen MR) is 73.4 cm³/mol. The number of hydrogen-bond acceptors (Lipinski definition) is 6. The second-order valence-electron chi connectivity index (χ2n) is 4.10. The molecule has 0 saturated carbocycles. The van der Waals surface area contributed by atoms with Crippen molar-refractivity contribution in [1.29, 1.82) is 0 Å². The number of carbonyl (C=O) groups excluding carboxylic acids is 3. The summed E-state index contributed by atoms with van der Waals surface area (Å²) < 4.78 is 0. The molecule has 0 bridgehead atoms. The first kappa shape index (κ1) is 15.0. The van der Waals surface area contributed by atoms with Gasteiger partial charge in [0.15, 0.2) is 0 Å². The molecule has 0 radical (unpaired) electrons. The fraction of sp³-hybridized carbons (Fsp3) is 0.250. The Morgan fingerprint density at radius 1 is 1.43 bits per heavy atom. The number of carboxylic acid groups (broad SMARTS) is 1. The number of H-pyrrole nitrogens is 1.